The summed E-state index contributed by atoms with van der Waals surface area (Å²) in [4.78, 5) is 14.5. The average molecular weight is 301 g/mol. The van der Waals surface area contributed by atoms with Crippen LogP contribution in [0.3, 0.4) is 0 Å². The zero-order chi connectivity index (χ0) is 15.5. The lowest BCUT2D eigenvalue weighted by atomic mass is 10.3. The van der Waals surface area contributed by atoms with Crippen molar-refractivity contribution in [1.29, 1.82) is 0 Å². The van der Waals surface area contributed by atoms with E-state index in [9.17, 15) is 10.1 Å². The van der Waals surface area contributed by atoms with Gasteiger partial charge < -0.3 is 10.1 Å². The Morgan fingerprint density at radius 2 is 2.23 bits per heavy atom. The van der Waals surface area contributed by atoms with E-state index in [-0.39, 0.29) is 23.2 Å². The van der Waals surface area contributed by atoms with Crippen molar-refractivity contribution < 1.29 is 9.66 Å². The van der Waals surface area contributed by atoms with Crippen LogP contribution in [0.4, 0.5) is 17.3 Å². The average Bonchev–Trinajstić information content (AvgIpc) is 3.15. The van der Waals surface area contributed by atoms with E-state index in [1.807, 2.05) is 18.2 Å². The highest BCUT2D eigenvalue weighted by Gasteiger charge is 2.20. The Morgan fingerprint density at radius 1 is 1.36 bits per heavy atom. The van der Waals surface area contributed by atoms with Crippen LogP contribution in [-0.2, 0) is 0 Å². The van der Waals surface area contributed by atoms with Gasteiger partial charge in [0.1, 0.15) is 11.9 Å². The Labute approximate surface area is 123 Å². The minimum atomic E-state index is -0.545. The summed E-state index contributed by atoms with van der Waals surface area (Å²) < 4.78 is 5.12. The largest absolute Gasteiger partial charge is 0.497 e. The van der Waals surface area contributed by atoms with E-state index in [2.05, 4.69) is 30.7 Å². The van der Waals surface area contributed by atoms with E-state index in [1.165, 1.54) is 0 Å². The fourth-order valence-electron chi connectivity index (χ4n) is 1.85. The van der Waals surface area contributed by atoms with Gasteiger partial charge in [0.2, 0.25) is 5.95 Å². The molecular weight excluding hydrogens is 290 g/mol. The first-order valence-corrected chi connectivity index (χ1v) is 6.19. The number of anilines is 2. The first kappa shape index (κ1) is 13.5. The third-order valence-electron chi connectivity index (χ3n) is 2.86. The topological polar surface area (TPSA) is 135 Å². The molecule has 0 fully saturated rings. The lowest BCUT2D eigenvalue weighted by Gasteiger charge is -2.03. The molecule has 0 aliphatic carbocycles. The Balaban J connectivity index is 1.84. The number of methoxy groups -OCH3 is 1. The summed E-state index contributed by atoms with van der Waals surface area (Å²) in [7, 11) is 1.57. The van der Waals surface area contributed by atoms with Gasteiger partial charge in [0.05, 0.1) is 12.0 Å². The summed E-state index contributed by atoms with van der Waals surface area (Å²) in [6.07, 6.45) is 1.12. The van der Waals surface area contributed by atoms with Crippen LogP contribution < -0.4 is 10.1 Å². The SMILES string of the molecule is COc1cccc(Nc2n[nH]c(-c3[nH]ncc3[N+](=O)[O-])n2)c1. The maximum atomic E-state index is 10.9. The summed E-state index contributed by atoms with van der Waals surface area (Å²) in [5, 5.41) is 26.6. The van der Waals surface area contributed by atoms with E-state index >= 15 is 0 Å². The molecule has 2 heterocycles. The molecule has 3 rings (SSSR count). The van der Waals surface area contributed by atoms with Gasteiger partial charge in [-0.05, 0) is 12.1 Å². The smallest absolute Gasteiger partial charge is 0.317 e. The van der Waals surface area contributed by atoms with Crippen LogP contribution in [0.2, 0.25) is 0 Å². The second kappa shape index (κ2) is 5.52. The molecule has 112 valence electrons. The van der Waals surface area contributed by atoms with Crippen molar-refractivity contribution in [3.63, 3.8) is 0 Å². The van der Waals surface area contributed by atoms with Gasteiger partial charge in [0.25, 0.3) is 0 Å². The molecule has 0 unspecified atom stereocenters. The summed E-state index contributed by atoms with van der Waals surface area (Å²) in [5.74, 6) is 1.17. The number of H-pyrrole nitrogens is 2. The van der Waals surface area contributed by atoms with Crippen molar-refractivity contribution in [1.82, 2.24) is 25.4 Å². The number of aromatic amines is 2. The molecule has 10 heteroatoms. The monoisotopic (exact) mass is 301 g/mol. The second-order valence-electron chi connectivity index (χ2n) is 4.25. The minimum absolute atomic E-state index is 0.163. The number of nitro groups is 1. The van der Waals surface area contributed by atoms with Crippen molar-refractivity contribution in [3.8, 4) is 17.3 Å². The van der Waals surface area contributed by atoms with Gasteiger partial charge in [-0.1, -0.05) is 6.07 Å². The van der Waals surface area contributed by atoms with E-state index in [4.69, 9.17) is 4.74 Å². The minimum Gasteiger partial charge on any atom is -0.497 e. The Kier molecular flexibility index (Phi) is 3.40. The van der Waals surface area contributed by atoms with E-state index in [1.54, 1.807) is 13.2 Å². The van der Waals surface area contributed by atoms with Gasteiger partial charge in [-0.2, -0.15) is 10.1 Å². The molecule has 22 heavy (non-hydrogen) atoms. The van der Waals surface area contributed by atoms with Gasteiger partial charge in [0, 0.05) is 11.8 Å². The molecule has 1 aromatic carbocycles. The third-order valence-corrected chi connectivity index (χ3v) is 2.86. The number of aromatic nitrogens is 5. The predicted octanol–water partition coefficient (Wildman–Crippen LogP) is 1.86. The molecule has 0 atom stereocenters. The second-order valence-corrected chi connectivity index (χ2v) is 4.25. The molecule has 0 bridgehead atoms. The highest BCUT2D eigenvalue weighted by molar-refractivity contribution is 5.64. The van der Waals surface area contributed by atoms with Gasteiger partial charge >= 0.3 is 5.69 Å². The number of hydrogen-bond acceptors (Lipinski definition) is 7. The molecule has 0 aliphatic rings. The van der Waals surface area contributed by atoms with E-state index in [0.717, 1.165) is 11.9 Å². The third kappa shape index (κ3) is 2.57. The molecule has 2 aromatic heterocycles. The number of ether oxygens (including phenoxy) is 1. The molecule has 0 aliphatic heterocycles. The van der Waals surface area contributed by atoms with Crippen LogP contribution in [0.15, 0.2) is 30.5 Å². The number of nitrogens with one attached hydrogen (secondary N) is 3. The van der Waals surface area contributed by atoms with Crippen molar-refractivity contribution >= 4 is 17.3 Å². The first-order valence-electron chi connectivity index (χ1n) is 6.19. The fourth-order valence-corrected chi connectivity index (χ4v) is 1.85. The number of hydrogen-bond donors (Lipinski definition) is 3. The Morgan fingerprint density at radius 3 is 3.00 bits per heavy atom. The lowest BCUT2D eigenvalue weighted by Crippen LogP contribution is -1.93. The van der Waals surface area contributed by atoms with Crippen LogP contribution in [0.5, 0.6) is 5.75 Å². The maximum Gasteiger partial charge on any atom is 0.317 e. The van der Waals surface area contributed by atoms with Crippen LogP contribution in [0.25, 0.3) is 11.5 Å². The van der Waals surface area contributed by atoms with Crippen molar-refractivity contribution in [2.75, 3.05) is 12.4 Å². The molecule has 0 amide bonds. The molecule has 0 spiro atoms. The number of rotatable bonds is 5. The fraction of sp³-hybridized carbons (Fsp3) is 0.0833. The normalized spacial score (nSPS) is 10.4. The van der Waals surface area contributed by atoms with Gasteiger partial charge in [-0.3, -0.25) is 20.3 Å². The van der Waals surface area contributed by atoms with Crippen LogP contribution >= 0.6 is 0 Å². The lowest BCUT2D eigenvalue weighted by molar-refractivity contribution is -0.384. The standard InChI is InChI=1S/C12H11N7O3/c1-22-8-4-2-3-7(5-8)14-12-15-11(17-18-12)10-9(19(20)21)6-13-16-10/h2-6H,1H3,(H,13,16)(H2,14,15,17,18). The number of nitrogens with zero attached hydrogens (tertiary/aromatic N) is 4. The summed E-state index contributed by atoms with van der Waals surface area (Å²) in [6, 6.07) is 7.21. The predicted molar refractivity (Wildman–Crippen MR) is 76.9 cm³/mol. The van der Waals surface area contributed by atoms with Crippen molar-refractivity contribution in [2.45, 2.75) is 0 Å². The summed E-state index contributed by atoms with van der Waals surface area (Å²) >= 11 is 0. The van der Waals surface area contributed by atoms with E-state index < -0.39 is 4.92 Å². The molecule has 0 saturated carbocycles. The zero-order valence-corrected chi connectivity index (χ0v) is 11.4. The zero-order valence-electron chi connectivity index (χ0n) is 11.4. The van der Waals surface area contributed by atoms with E-state index in [0.29, 0.717) is 5.75 Å². The molecule has 3 N–H and O–H groups in total. The van der Waals surface area contributed by atoms with Crippen LogP contribution in [0, 0.1) is 10.1 Å². The molecule has 3 aromatic rings. The highest BCUT2D eigenvalue weighted by Crippen LogP contribution is 2.25. The first-order chi connectivity index (χ1) is 10.7. The molecule has 0 saturated heterocycles. The molecule has 10 nitrogen and oxygen atoms in total. The van der Waals surface area contributed by atoms with Crippen LogP contribution in [0.1, 0.15) is 0 Å². The maximum absolute atomic E-state index is 10.9. The van der Waals surface area contributed by atoms with Crippen LogP contribution in [-0.4, -0.2) is 37.4 Å². The molecule has 0 radical (unpaired) electrons. The van der Waals surface area contributed by atoms with Gasteiger partial charge in [-0.25, -0.2) is 0 Å². The number of benzene rings is 1. The Hall–Kier alpha value is -3.43. The van der Waals surface area contributed by atoms with Crippen molar-refractivity contribution in [3.05, 3.63) is 40.6 Å². The highest BCUT2D eigenvalue weighted by atomic mass is 16.6. The Bertz CT molecular complexity index is 810. The summed E-state index contributed by atoms with van der Waals surface area (Å²) in [6.45, 7) is 0. The quantitative estimate of drug-likeness (QED) is 0.483. The van der Waals surface area contributed by atoms with Gasteiger partial charge in [-0.15, -0.1) is 5.10 Å². The summed E-state index contributed by atoms with van der Waals surface area (Å²) in [5.41, 5.74) is 0.712. The van der Waals surface area contributed by atoms with Gasteiger partial charge in [0.15, 0.2) is 11.5 Å². The molecular formula is C12H11N7O3. The van der Waals surface area contributed by atoms with Crippen molar-refractivity contribution in [2.24, 2.45) is 0 Å².